The van der Waals surface area contributed by atoms with Gasteiger partial charge in [0.05, 0.1) is 5.69 Å². The first-order chi connectivity index (χ1) is 12.8. The van der Waals surface area contributed by atoms with E-state index in [0.717, 1.165) is 22.6 Å². The zero-order valence-corrected chi connectivity index (χ0v) is 14.2. The highest BCUT2D eigenvalue weighted by atomic mass is 19.4. The minimum Gasteiger partial charge on any atom is -0.406 e. The molecular weight excluding hydrogens is 365 g/mol. The highest BCUT2D eigenvalue weighted by Gasteiger charge is 2.37. The minimum atomic E-state index is -4.81. The van der Waals surface area contributed by atoms with Crippen LogP contribution in [0.4, 0.5) is 29.5 Å². The van der Waals surface area contributed by atoms with Gasteiger partial charge in [-0.15, -0.1) is 13.2 Å². The fraction of sp³-hybridized carbons (Fsp3) is 0.235. The lowest BCUT2D eigenvalue weighted by atomic mass is 10.2. The molecule has 142 valence electrons. The lowest BCUT2D eigenvalue weighted by Gasteiger charge is -2.18. The molecule has 1 saturated heterocycles. The largest absolute Gasteiger partial charge is 0.573 e. The maximum atomic E-state index is 12.6. The number of rotatable bonds is 5. The number of carbonyl (C=O) groups is 2. The summed E-state index contributed by atoms with van der Waals surface area (Å²) < 4.78 is 40.5. The van der Waals surface area contributed by atoms with Crippen molar-refractivity contribution in [3.63, 3.8) is 0 Å². The van der Waals surface area contributed by atoms with Crippen LogP contribution in [-0.2, 0) is 11.3 Å². The molecule has 0 radical (unpaired) electrons. The third-order valence-corrected chi connectivity index (χ3v) is 3.82. The monoisotopic (exact) mass is 380 g/mol. The Morgan fingerprint density at radius 3 is 2.52 bits per heavy atom. The number of aromatic nitrogens is 1. The van der Waals surface area contributed by atoms with Gasteiger partial charge in [-0.3, -0.25) is 4.79 Å². The third kappa shape index (κ3) is 4.27. The van der Waals surface area contributed by atoms with Crippen molar-refractivity contribution in [2.45, 2.75) is 12.9 Å². The summed E-state index contributed by atoms with van der Waals surface area (Å²) in [5, 5.41) is 2.88. The standard InChI is InChI=1S/C17H15F3N4O3/c1-21-14-8-11(6-7-22-14)9-23-10-15(25)24(16(23)26)12-2-4-13(5-3-12)27-17(18,19)20/h2-8H,9-10H2,1H3,(H,21,22). The van der Waals surface area contributed by atoms with E-state index in [4.69, 9.17) is 0 Å². The van der Waals surface area contributed by atoms with E-state index in [1.807, 2.05) is 0 Å². The number of halogens is 3. The summed E-state index contributed by atoms with van der Waals surface area (Å²) in [6, 6.07) is 7.49. The Morgan fingerprint density at radius 1 is 1.19 bits per heavy atom. The number of imide groups is 1. The van der Waals surface area contributed by atoms with E-state index in [0.29, 0.717) is 5.82 Å². The summed E-state index contributed by atoms with van der Waals surface area (Å²) in [6.45, 7) is 0.0738. The molecule has 1 aromatic carbocycles. The molecule has 1 aliphatic heterocycles. The van der Waals surface area contributed by atoms with Crippen molar-refractivity contribution < 1.29 is 27.5 Å². The number of pyridine rings is 1. The second-order valence-corrected chi connectivity index (χ2v) is 5.71. The van der Waals surface area contributed by atoms with Gasteiger partial charge >= 0.3 is 12.4 Å². The fourth-order valence-electron chi connectivity index (χ4n) is 2.65. The Kier molecular flexibility index (Phi) is 4.89. The molecule has 27 heavy (non-hydrogen) atoms. The first kappa shape index (κ1) is 18.5. The van der Waals surface area contributed by atoms with Gasteiger partial charge in [0.25, 0.3) is 5.91 Å². The van der Waals surface area contributed by atoms with E-state index in [1.54, 1.807) is 25.4 Å². The van der Waals surface area contributed by atoms with Crippen molar-refractivity contribution >= 4 is 23.4 Å². The molecule has 10 heteroatoms. The number of ether oxygens (including phenoxy) is 1. The predicted molar refractivity (Wildman–Crippen MR) is 90.2 cm³/mol. The van der Waals surface area contributed by atoms with E-state index >= 15 is 0 Å². The van der Waals surface area contributed by atoms with Gasteiger partial charge in [-0.25, -0.2) is 14.7 Å². The van der Waals surface area contributed by atoms with Crippen LogP contribution in [0, 0.1) is 0 Å². The maximum absolute atomic E-state index is 12.6. The van der Waals surface area contributed by atoms with Gasteiger partial charge in [0.2, 0.25) is 0 Å². The lowest BCUT2D eigenvalue weighted by molar-refractivity contribution is -0.274. The molecular formula is C17H15F3N4O3. The molecule has 0 unspecified atom stereocenters. The zero-order valence-electron chi connectivity index (χ0n) is 14.2. The molecule has 7 nitrogen and oxygen atoms in total. The Labute approximate surface area is 152 Å². The van der Waals surface area contributed by atoms with Crippen molar-refractivity contribution in [1.82, 2.24) is 9.88 Å². The molecule has 3 amide bonds. The third-order valence-electron chi connectivity index (χ3n) is 3.82. The molecule has 0 bridgehead atoms. The first-order valence-electron chi connectivity index (χ1n) is 7.87. The van der Waals surface area contributed by atoms with Gasteiger partial charge in [0.15, 0.2) is 0 Å². The van der Waals surface area contributed by atoms with Crippen molar-refractivity contribution in [3.05, 3.63) is 48.2 Å². The summed E-state index contributed by atoms with van der Waals surface area (Å²) in [5.74, 6) is -0.270. The summed E-state index contributed by atoms with van der Waals surface area (Å²) in [4.78, 5) is 31.2. The number of amides is 3. The average molecular weight is 380 g/mol. The molecule has 2 heterocycles. The van der Waals surface area contributed by atoms with Crippen molar-refractivity contribution in [2.75, 3.05) is 23.8 Å². The Morgan fingerprint density at radius 2 is 1.89 bits per heavy atom. The Bertz CT molecular complexity index is 855. The quantitative estimate of drug-likeness (QED) is 0.808. The van der Waals surface area contributed by atoms with Gasteiger partial charge in [-0.05, 0) is 42.0 Å². The molecule has 1 fully saturated rings. The number of carbonyl (C=O) groups excluding carboxylic acids is 2. The average Bonchev–Trinajstić information content (AvgIpc) is 2.88. The van der Waals surface area contributed by atoms with Crippen molar-refractivity contribution in [2.24, 2.45) is 0 Å². The number of benzene rings is 1. The van der Waals surface area contributed by atoms with Crippen molar-refractivity contribution in [1.29, 1.82) is 0 Å². The normalized spacial score (nSPS) is 14.7. The fourth-order valence-corrected chi connectivity index (χ4v) is 2.65. The molecule has 2 aromatic rings. The van der Waals surface area contributed by atoms with E-state index in [2.05, 4.69) is 15.0 Å². The molecule has 0 atom stereocenters. The number of hydrogen-bond acceptors (Lipinski definition) is 5. The molecule has 3 rings (SSSR count). The van der Waals surface area contributed by atoms with Crippen LogP contribution in [0.3, 0.4) is 0 Å². The molecule has 1 aliphatic rings. The Hall–Kier alpha value is -3.30. The van der Waals surface area contributed by atoms with E-state index in [1.165, 1.54) is 17.0 Å². The van der Waals surface area contributed by atoms with Gasteiger partial charge < -0.3 is 15.0 Å². The van der Waals surface area contributed by atoms with Crippen LogP contribution in [0.25, 0.3) is 0 Å². The molecule has 1 aromatic heterocycles. The van der Waals surface area contributed by atoms with Crippen LogP contribution in [0.15, 0.2) is 42.6 Å². The summed E-state index contributed by atoms with van der Waals surface area (Å²) in [7, 11) is 1.71. The van der Waals surface area contributed by atoms with Gasteiger partial charge in [-0.1, -0.05) is 0 Å². The van der Waals surface area contributed by atoms with Crippen LogP contribution in [0.1, 0.15) is 5.56 Å². The predicted octanol–water partition coefficient (Wildman–Crippen LogP) is 2.99. The van der Waals surface area contributed by atoms with Crippen LogP contribution in [0.2, 0.25) is 0 Å². The second-order valence-electron chi connectivity index (χ2n) is 5.71. The van der Waals surface area contributed by atoms with Crippen LogP contribution in [0.5, 0.6) is 5.75 Å². The van der Waals surface area contributed by atoms with Crippen molar-refractivity contribution in [3.8, 4) is 5.75 Å². The molecule has 0 saturated carbocycles. The topological polar surface area (TPSA) is 74.8 Å². The minimum absolute atomic E-state index is 0.128. The number of anilines is 2. The number of urea groups is 1. The molecule has 0 spiro atoms. The lowest BCUT2D eigenvalue weighted by Crippen LogP contribution is -2.32. The zero-order chi connectivity index (χ0) is 19.6. The smallest absolute Gasteiger partial charge is 0.406 e. The van der Waals surface area contributed by atoms with Crippen LogP contribution < -0.4 is 15.0 Å². The summed E-state index contributed by atoms with van der Waals surface area (Å²) in [6.07, 6.45) is -3.23. The number of nitrogens with zero attached hydrogens (tertiary/aromatic N) is 3. The van der Waals surface area contributed by atoms with Crippen LogP contribution in [-0.4, -0.2) is 41.8 Å². The number of nitrogens with one attached hydrogen (secondary N) is 1. The summed E-state index contributed by atoms with van der Waals surface area (Å²) in [5.41, 5.74) is 0.957. The Balaban J connectivity index is 1.74. The SMILES string of the molecule is CNc1cc(CN2CC(=O)N(c3ccc(OC(F)(F)F)cc3)C2=O)ccn1. The summed E-state index contributed by atoms with van der Waals surface area (Å²) >= 11 is 0. The number of alkyl halides is 3. The van der Waals surface area contributed by atoms with Gasteiger partial charge in [-0.2, -0.15) is 0 Å². The maximum Gasteiger partial charge on any atom is 0.573 e. The highest BCUT2D eigenvalue weighted by Crippen LogP contribution is 2.28. The van der Waals surface area contributed by atoms with E-state index in [-0.39, 0.29) is 18.8 Å². The van der Waals surface area contributed by atoms with Gasteiger partial charge in [0, 0.05) is 19.8 Å². The molecule has 0 aliphatic carbocycles. The van der Waals surface area contributed by atoms with E-state index in [9.17, 15) is 22.8 Å². The second kappa shape index (κ2) is 7.14. The number of hydrogen-bond donors (Lipinski definition) is 1. The van der Waals surface area contributed by atoms with Gasteiger partial charge in [0.1, 0.15) is 18.1 Å². The van der Waals surface area contributed by atoms with E-state index < -0.39 is 24.1 Å². The van der Waals surface area contributed by atoms with Crippen LogP contribution >= 0.6 is 0 Å². The molecule has 1 N–H and O–H groups in total. The highest BCUT2D eigenvalue weighted by molar-refractivity contribution is 6.19. The first-order valence-corrected chi connectivity index (χ1v) is 7.87.